The van der Waals surface area contributed by atoms with Crippen LogP contribution in [0.5, 0.6) is 0 Å². The third kappa shape index (κ3) is 6.44. The Morgan fingerprint density at radius 2 is 1.45 bits per heavy atom. The number of hydrogen-bond donors (Lipinski definition) is 2. The number of rotatable bonds is 4. The number of nitrogens with one attached hydrogen (secondary N) is 2. The van der Waals surface area contributed by atoms with E-state index in [4.69, 9.17) is 11.6 Å². The zero-order chi connectivity index (χ0) is 22.2. The topological polar surface area (TPSA) is 41.1 Å². The molecular formula is C25H25ClF2N2O. The molecule has 1 heterocycles. The Morgan fingerprint density at radius 3 is 1.87 bits per heavy atom. The number of halogens is 3. The Hall–Kier alpha value is -2.60. The average Bonchev–Trinajstić information content (AvgIpc) is 2.78. The molecule has 0 spiro atoms. The third-order valence-electron chi connectivity index (χ3n) is 5.19. The van der Waals surface area contributed by atoms with Gasteiger partial charge in [-0.05, 0) is 54.4 Å². The molecule has 6 heteroatoms. The number of hydrogen-bond acceptors (Lipinski definition) is 3. The van der Waals surface area contributed by atoms with Crippen LogP contribution in [0.1, 0.15) is 34.3 Å². The Labute approximate surface area is 186 Å². The van der Waals surface area contributed by atoms with Gasteiger partial charge < -0.3 is 10.6 Å². The van der Waals surface area contributed by atoms with Gasteiger partial charge in [0, 0.05) is 37.2 Å². The summed E-state index contributed by atoms with van der Waals surface area (Å²) in [4.78, 5) is 10.8. The molecule has 0 saturated carbocycles. The van der Waals surface area contributed by atoms with E-state index >= 15 is 0 Å². The lowest BCUT2D eigenvalue weighted by Crippen LogP contribution is -2.51. The van der Waals surface area contributed by atoms with Crippen LogP contribution in [0.3, 0.4) is 0 Å². The van der Waals surface area contributed by atoms with Crippen LogP contribution < -0.4 is 10.6 Å². The molecule has 2 N–H and O–H groups in total. The molecule has 4 rings (SSSR count). The van der Waals surface area contributed by atoms with Crippen molar-refractivity contribution in [3.05, 3.63) is 106 Å². The summed E-state index contributed by atoms with van der Waals surface area (Å²) in [5.74, 6) is -0.415. The largest absolute Gasteiger partial charge is 0.314 e. The molecule has 0 aromatic heterocycles. The van der Waals surface area contributed by atoms with E-state index in [1.165, 1.54) is 31.2 Å². The first kappa shape index (κ1) is 23.1. The van der Waals surface area contributed by atoms with E-state index in [0.29, 0.717) is 10.6 Å². The first-order chi connectivity index (χ1) is 15.0. The Bertz CT molecular complexity index is 942. The van der Waals surface area contributed by atoms with Crippen molar-refractivity contribution in [3.63, 3.8) is 0 Å². The summed E-state index contributed by atoms with van der Waals surface area (Å²) < 4.78 is 26.3. The SMILES string of the molecule is CC(=O)c1ccccc1Cl.Fc1ccc(C(c2ccc(F)cc2)C2CNCCN2)cc1. The fraction of sp³-hybridized carbons (Fsp3) is 0.240. The molecule has 1 aliphatic heterocycles. The predicted octanol–water partition coefficient (Wildman–Crippen LogP) is 5.20. The van der Waals surface area contributed by atoms with Crippen LogP contribution >= 0.6 is 11.6 Å². The second kappa shape index (κ2) is 11.1. The van der Waals surface area contributed by atoms with Crippen molar-refractivity contribution in [2.75, 3.05) is 19.6 Å². The molecule has 1 saturated heterocycles. The van der Waals surface area contributed by atoms with Gasteiger partial charge in [0.05, 0.1) is 5.02 Å². The number of piperazine rings is 1. The summed E-state index contributed by atoms with van der Waals surface area (Å²) in [6, 6.07) is 20.3. The quantitative estimate of drug-likeness (QED) is 0.545. The van der Waals surface area contributed by atoms with E-state index in [2.05, 4.69) is 10.6 Å². The lowest BCUT2D eigenvalue weighted by Gasteiger charge is -2.32. The van der Waals surface area contributed by atoms with Crippen molar-refractivity contribution in [3.8, 4) is 0 Å². The van der Waals surface area contributed by atoms with Crippen molar-refractivity contribution in [2.24, 2.45) is 0 Å². The zero-order valence-corrected chi connectivity index (χ0v) is 18.0. The van der Waals surface area contributed by atoms with Crippen molar-refractivity contribution in [2.45, 2.75) is 18.9 Å². The Morgan fingerprint density at radius 1 is 0.903 bits per heavy atom. The van der Waals surface area contributed by atoms with Crippen LogP contribution in [-0.2, 0) is 0 Å². The molecule has 162 valence electrons. The van der Waals surface area contributed by atoms with E-state index in [0.717, 1.165) is 30.8 Å². The molecule has 1 atom stereocenters. The normalized spacial score (nSPS) is 15.8. The third-order valence-corrected chi connectivity index (χ3v) is 5.52. The summed E-state index contributed by atoms with van der Waals surface area (Å²) in [7, 11) is 0. The van der Waals surface area contributed by atoms with Crippen LogP contribution in [0, 0.1) is 11.6 Å². The van der Waals surface area contributed by atoms with E-state index in [1.54, 1.807) is 48.5 Å². The summed E-state index contributed by atoms with van der Waals surface area (Å²) in [5, 5.41) is 7.39. The van der Waals surface area contributed by atoms with Gasteiger partial charge in [0.15, 0.2) is 5.78 Å². The second-order valence-corrected chi connectivity index (χ2v) is 7.79. The van der Waals surface area contributed by atoms with Crippen LogP contribution in [-0.4, -0.2) is 31.5 Å². The molecule has 0 aliphatic carbocycles. The maximum atomic E-state index is 13.2. The molecule has 1 fully saturated rings. The highest BCUT2D eigenvalue weighted by Crippen LogP contribution is 2.29. The molecule has 3 aromatic carbocycles. The Kier molecular flexibility index (Phi) is 8.29. The minimum atomic E-state index is -0.244. The lowest BCUT2D eigenvalue weighted by atomic mass is 9.84. The molecule has 3 nitrogen and oxygen atoms in total. The van der Waals surface area contributed by atoms with Crippen LogP contribution in [0.4, 0.5) is 8.78 Å². The first-order valence-corrected chi connectivity index (χ1v) is 10.5. The van der Waals surface area contributed by atoms with Gasteiger partial charge in [-0.2, -0.15) is 0 Å². The monoisotopic (exact) mass is 442 g/mol. The summed E-state index contributed by atoms with van der Waals surface area (Å²) in [5.41, 5.74) is 2.65. The molecule has 31 heavy (non-hydrogen) atoms. The summed E-state index contributed by atoms with van der Waals surface area (Å²) in [6.45, 7) is 4.17. The maximum absolute atomic E-state index is 13.2. The van der Waals surface area contributed by atoms with Gasteiger partial charge in [0.2, 0.25) is 0 Å². The smallest absolute Gasteiger partial charge is 0.161 e. The van der Waals surface area contributed by atoms with Crippen molar-refractivity contribution < 1.29 is 13.6 Å². The number of ketones is 1. The lowest BCUT2D eigenvalue weighted by molar-refractivity contribution is 0.101. The van der Waals surface area contributed by atoms with Crippen LogP contribution in [0.25, 0.3) is 0 Å². The van der Waals surface area contributed by atoms with Gasteiger partial charge in [-0.15, -0.1) is 0 Å². The van der Waals surface area contributed by atoms with Crippen LogP contribution in [0.15, 0.2) is 72.8 Å². The fourth-order valence-corrected chi connectivity index (χ4v) is 3.92. The van der Waals surface area contributed by atoms with Gasteiger partial charge in [-0.25, -0.2) is 8.78 Å². The van der Waals surface area contributed by atoms with Crippen molar-refractivity contribution >= 4 is 17.4 Å². The summed E-state index contributed by atoms with van der Waals surface area (Å²) in [6.07, 6.45) is 0. The van der Waals surface area contributed by atoms with Gasteiger partial charge in [-0.1, -0.05) is 48.0 Å². The van der Waals surface area contributed by atoms with E-state index in [9.17, 15) is 13.6 Å². The predicted molar refractivity (Wildman–Crippen MR) is 121 cm³/mol. The van der Waals surface area contributed by atoms with E-state index in [1.807, 2.05) is 0 Å². The van der Waals surface area contributed by atoms with Crippen LogP contribution in [0.2, 0.25) is 5.02 Å². The molecule has 0 radical (unpaired) electrons. The highest BCUT2D eigenvalue weighted by atomic mass is 35.5. The summed E-state index contributed by atoms with van der Waals surface area (Å²) >= 11 is 5.70. The number of Topliss-reactive ketones (excluding diaryl/α,β-unsaturated/α-hetero) is 1. The number of carbonyl (C=O) groups is 1. The minimum Gasteiger partial charge on any atom is -0.314 e. The highest BCUT2D eigenvalue weighted by Gasteiger charge is 2.26. The fourth-order valence-electron chi connectivity index (χ4n) is 3.66. The minimum absolute atomic E-state index is 0.00519. The Balaban J connectivity index is 0.000000229. The van der Waals surface area contributed by atoms with E-state index in [-0.39, 0.29) is 29.4 Å². The molecule has 0 amide bonds. The van der Waals surface area contributed by atoms with Crippen molar-refractivity contribution in [1.82, 2.24) is 10.6 Å². The molecule has 3 aromatic rings. The molecule has 0 bridgehead atoms. The average molecular weight is 443 g/mol. The number of benzene rings is 3. The van der Waals surface area contributed by atoms with E-state index < -0.39 is 0 Å². The second-order valence-electron chi connectivity index (χ2n) is 7.38. The molecule has 1 aliphatic rings. The van der Waals surface area contributed by atoms with Gasteiger partial charge in [0.25, 0.3) is 0 Å². The maximum Gasteiger partial charge on any atom is 0.161 e. The number of carbonyl (C=O) groups excluding carboxylic acids is 1. The first-order valence-electron chi connectivity index (χ1n) is 10.2. The molecular weight excluding hydrogens is 418 g/mol. The highest BCUT2D eigenvalue weighted by molar-refractivity contribution is 6.33. The zero-order valence-electron chi connectivity index (χ0n) is 17.2. The van der Waals surface area contributed by atoms with Crippen molar-refractivity contribution in [1.29, 1.82) is 0 Å². The van der Waals surface area contributed by atoms with Gasteiger partial charge >= 0.3 is 0 Å². The molecule has 1 unspecified atom stereocenters. The standard InChI is InChI=1S/C17H18F2N2.C8H7ClO/c18-14-5-1-12(2-6-14)17(16-11-20-9-10-21-16)13-3-7-15(19)8-4-13;1-6(10)7-4-2-3-5-8(7)9/h1-8,16-17,20-21H,9-11H2;2-5H,1H3. The van der Waals surface area contributed by atoms with Gasteiger partial charge in [-0.3, -0.25) is 4.79 Å². The van der Waals surface area contributed by atoms with Gasteiger partial charge in [0.1, 0.15) is 11.6 Å².